The van der Waals surface area contributed by atoms with Crippen molar-refractivity contribution < 1.29 is 8.83 Å². The molecule has 6 nitrogen and oxygen atoms in total. The van der Waals surface area contributed by atoms with E-state index in [1.165, 1.54) is 33.6 Å². The van der Waals surface area contributed by atoms with E-state index in [0.717, 1.165) is 42.7 Å². The van der Waals surface area contributed by atoms with Gasteiger partial charge in [-0.25, -0.2) is 0 Å². The van der Waals surface area contributed by atoms with Gasteiger partial charge in [-0.1, -0.05) is 0 Å². The highest BCUT2D eigenvalue weighted by Crippen LogP contribution is 2.43. The van der Waals surface area contributed by atoms with Gasteiger partial charge in [0, 0.05) is 24.5 Å². The SMILES string of the molecule is Cc1cc(N=Cc2ccco2)cc2c1N1Cc3cc(N=Cc4ccco4)cc(C)c3N(C2)C1. The van der Waals surface area contributed by atoms with E-state index in [4.69, 9.17) is 8.83 Å². The second-order valence-electron chi connectivity index (χ2n) is 8.63. The quantitative estimate of drug-likeness (QED) is 0.353. The molecule has 0 spiro atoms. The molecule has 0 N–H and O–H groups in total. The van der Waals surface area contributed by atoms with E-state index < -0.39 is 0 Å². The van der Waals surface area contributed by atoms with Crippen LogP contribution in [0.15, 0.2) is 79.9 Å². The smallest absolute Gasteiger partial charge is 0.144 e. The Morgan fingerprint density at radius 1 is 0.727 bits per heavy atom. The fraction of sp³-hybridized carbons (Fsp3) is 0.185. The maximum atomic E-state index is 5.38. The van der Waals surface area contributed by atoms with Crippen LogP contribution in [0.25, 0.3) is 0 Å². The topological polar surface area (TPSA) is 57.5 Å². The van der Waals surface area contributed by atoms with Gasteiger partial charge in [-0.05, 0) is 84.6 Å². The molecule has 0 aliphatic carbocycles. The van der Waals surface area contributed by atoms with E-state index in [0.29, 0.717) is 0 Å². The first-order valence-corrected chi connectivity index (χ1v) is 11.1. The molecular formula is C27H24N4O2. The molecule has 0 amide bonds. The van der Waals surface area contributed by atoms with Crippen molar-refractivity contribution in [3.63, 3.8) is 0 Å². The van der Waals surface area contributed by atoms with E-state index in [-0.39, 0.29) is 0 Å². The summed E-state index contributed by atoms with van der Waals surface area (Å²) in [5.74, 6) is 1.51. The number of hydrogen-bond acceptors (Lipinski definition) is 6. The molecule has 0 saturated carbocycles. The predicted molar refractivity (Wildman–Crippen MR) is 132 cm³/mol. The Bertz CT molecular complexity index is 1260. The molecule has 0 fully saturated rings. The third-order valence-corrected chi connectivity index (χ3v) is 6.19. The number of aliphatic imine (C=N–C) groups is 2. The molecule has 0 radical (unpaired) electrons. The molecule has 0 unspecified atom stereocenters. The summed E-state index contributed by atoms with van der Waals surface area (Å²) in [6, 6.07) is 16.2. The number of rotatable bonds is 4. The van der Waals surface area contributed by atoms with Crippen molar-refractivity contribution in [2.75, 3.05) is 16.5 Å². The van der Waals surface area contributed by atoms with Crippen LogP contribution in [0.1, 0.15) is 33.8 Å². The van der Waals surface area contributed by atoms with Gasteiger partial charge in [-0.15, -0.1) is 0 Å². The lowest BCUT2D eigenvalue weighted by Crippen LogP contribution is -2.46. The van der Waals surface area contributed by atoms with Crippen LogP contribution < -0.4 is 9.80 Å². The highest BCUT2D eigenvalue weighted by atomic mass is 16.3. The number of aryl methyl sites for hydroxylation is 2. The molecule has 2 aliphatic heterocycles. The van der Waals surface area contributed by atoms with E-state index in [9.17, 15) is 0 Å². The van der Waals surface area contributed by atoms with Crippen LogP contribution in [0.5, 0.6) is 0 Å². The number of furan rings is 2. The highest BCUT2D eigenvalue weighted by Gasteiger charge is 2.31. The normalized spacial score (nSPS) is 14.8. The molecule has 4 aromatic rings. The van der Waals surface area contributed by atoms with Gasteiger partial charge in [0.2, 0.25) is 0 Å². The zero-order chi connectivity index (χ0) is 22.4. The summed E-state index contributed by atoms with van der Waals surface area (Å²) >= 11 is 0. The van der Waals surface area contributed by atoms with Crippen molar-refractivity contribution in [3.8, 4) is 0 Å². The molecule has 2 aromatic heterocycles. The number of benzene rings is 2. The van der Waals surface area contributed by atoms with Crippen LogP contribution in [0, 0.1) is 13.8 Å². The Morgan fingerprint density at radius 2 is 1.21 bits per heavy atom. The average Bonchev–Trinajstić information content (AvgIpc) is 3.50. The molecule has 2 aromatic carbocycles. The first-order valence-electron chi connectivity index (χ1n) is 11.1. The Balaban J connectivity index is 1.32. The summed E-state index contributed by atoms with van der Waals surface area (Å²) in [6.45, 7) is 6.96. The van der Waals surface area contributed by atoms with E-state index in [1.807, 2.05) is 24.3 Å². The molecule has 2 bridgehead atoms. The summed E-state index contributed by atoms with van der Waals surface area (Å²) in [6.07, 6.45) is 6.87. The molecule has 4 heterocycles. The fourth-order valence-electron chi connectivity index (χ4n) is 4.98. The summed E-state index contributed by atoms with van der Waals surface area (Å²) in [5, 5.41) is 0. The number of fused-ring (bicyclic) bond motifs is 6. The van der Waals surface area contributed by atoms with E-state index in [1.54, 1.807) is 25.0 Å². The second kappa shape index (κ2) is 7.81. The van der Waals surface area contributed by atoms with Crippen LogP contribution in [0.2, 0.25) is 0 Å². The predicted octanol–water partition coefficient (Wildman–Crippen LogP) is 6.29. The molecule has 2 aliphatic rings. The largest absolute Gasteiger partial charge is 0.463 e. The van der Waals surface area contributed by atoms with Crippen molar-refractivity contribution in [2.24, 2.45) is 9.98 Å². The minimum atomic E-state index is 0.754. The Kier molecular flexibility index (Phi) is 4.64. The van der Waals surface area contributed by atoms with Crippen LogP contribution in [-0.2, 0) is 13.1 Å². The lowest BCUT2D eigenvalue weighted by Gasteiger charge is -2.46. The van der Waals surface area contributed by atoms with Crippen molar-refractivity contribution in [2.45, 2.75) is 26.9 Å². The van der Waals surface area contributed by atoms with E-state index in [2.05, 4.69) is 57.9 Å². The molecule has 0 saturated heterocycles. The average molecular weight is 437 g/mol. The Labute approximate surface area is 192 Å². The van der Waals surface area contributed by atoms with Gasteiger partial charge in [-0.3, -0.25) is 9.98 Å². The Hall–Kier alpha value is -4.06. The number of hydrogen-bond donors (Lipinski definition) is 0. The molecule has 6 rings (SSSR count). The minimum Gasteiger partial charge on any atom is -0.463 e. The monoisotopic (exact) mass is 436 g/mol. The third-order valence-electron chi connectivity index (χ3n) is 6.19. The van der Waals surface area contributed by atoms with Crippen molar-refractivity contribution in [1.82, 2.24) is 0 Å². The summed E-state index contributed by atoms with van der Waals surface area (Å²) in [4.78, 5) is 14.2. The lowest BCUT2D eigenvalue weighted by molar-refractivity contribution is 0.560. The van der Waals surface area contributed by atoms with E-state index >= 15 is 0 Å². The molecule has 6 heteroatoms. The standard InChI is InChI=1S/C27H24N4O2/c1-18-9-22(28-13-24-5-3-7-32-24)11-20-15-31-17-30(26(18)20)16-21-12-23(10-19(2)27(21)31)29-14-25-6-4-8-33-25/h3-14H,15-17H2,1-2H3. The van der Waals surface area contributed by atoms with Gasteiger partial charge in [0.05, 0.1) is 43.0 Å². The van der Waals surface area contributed by atoms with Crippen molar-refractivity contribution in [3.05, 3.63) is 94.8 Å². The summed E-state index contributed by atoms with van der Waals surface area (Å²) in [5.41, 5.74) is 9.62. The van der Waals surface area contributed by atoms with Gasteiger partial charge < -0.3 is 18.6 Å². The lowest BCUT2D eigenvalue weighted by atomic mass is 9.96. The fourth-order valence-corrected chi connectivity index (χ4v) is 4.98. The van der Waals surface area contributed by atoms with Gasteiger partial charge in [0.1, 0.15) is 11.5 Å². The van der Waals surface area contributed by atoms with Gasteiger partial charge >= 0.3 is 0 Å². The minimum absolute atomic E-state index is 0.754. The molecular weight excluding hydrogens is 412 g/mol. The van der Waals surface area contributed by atoms with Crippen LogP contribution in [-0.4, -0.2) is 19.1 Å². The third kappa shape index (κ3) is 3.63. The van der Waals surface area contributed by atoms with Gasteiger partial charge in [0.25, 0.3) is 0 Å². The van der Waals surface area contributed by atoms with Crippen LogP contribution >= 0.6 is 0 Å². The van der Waals surface area contributed by atoms with Crippen molar-refractivity contribution >= 4 is 35.2 Å². The van der Waals surface area contributed by atoms with Crippen molar-refractivity contribution in [1.29, 1.82) is 0 Å². The maximum Gasteiger partial charge on any atom is 0.144 e. The molecule has 0 atom stereocenters. The second-order valence-corrected chi connectivity index (χ2v) is 8.63. The van der Waals surface area contributed by atoms with Gasteiger partial charge in [0.15, 0.2) is 0 Å². The van der Waals surface area contributed by atoms with Gasteiger partial charge in [-0.2, -0.15) is 0 Å². The maximum absolute atomic E-state index is 5.38. The van der Waals surface area contributed by atoms with Crippen LogP contribution in [0.3, 0.4) is 0 Å². The highest BCUT2D eigenvalue weighted by molar-refractivity contribution is 5.81. The molecule has 164 valence electrons. The first kappa shape index (κ1) is 19.6. The molecule has 33 heavy (non-hydrogen) atoms. The zero-order valence-electron chi connectivity index (χ0n) is 18.7. The number of nitrogens with zero attached hydrogens (tertiary/aromatic N) is 4. The zero-order valence-corrected chi connectivity index (χ0v) is 18.7. The Morgan fingerprint density at radius 3 is 1.64 bits per heavy atom. The summed E-state index contributed by atoms with van der Waals surface area (Å²) < 4.78 is 10.8. The number of anilines is 2. The van der Waals surface area contributed by atoms with Crippen LogP contribution in [0.4, 0.5) is 22.7 Å². The summed E-state index contributed by atoms with van der Waals surface area (Å²) in [7, 11) is 0. The first-order chi connectivity index (χ1) is 16.1.